The van der Waals surface area contributed by atoms with Crippen molar-refractivity contribution in [1.29, 1.82) is 0 Å². The van der Waals surface area contributed by atoms with Crippen LogP contribution in [0.4, 0.5) is 13.2 Å². The Bertz CT molecular complexity index is 977. The first-order valence-corrected chi connectivity index (χ1v) is 10.3. The second-order valence-electron chi connectivity index (χ2n) is 8.06. The fraction of sp³-hybridized carbons (Fsp3) is 0.269. The van der Waals surface area contributed by atoms with Crippen LogP contribution in [0.2, 0.25) is 0 Å². The van der Waals surface area contributed by atoms with Crippen LogP contribution in [0.3, 0.4) is 0 Å². The van der Waals surface area contributed by atoms with Crippen LogP contribution in [0, 0.1) is 0 Å². The third-order valence-corrected chi connectivity index (χ3v) is 5.75. The molecule has 0 aliphatic carbocycles. The molecule has 3 nitrogen and oxygen atoms in total. The number of benzene rings is 3. The summed E-state index contributed by atoms with van der Waals surface area (Å²) in [4.78, 5) is 16.2. The maximum absolute atomic E-state index is 14.1. The molecule has 0 aliphatic heterocycles. The van der Waals surface area contributed by atoms with E-state index in [1.54, 1.807) is 0 Å². The maximum Gasteiger partial charge on any atom is 0.573 e. The molecule has 0 saturated heterocycles. The fourth-order valence-electron chi connectivity index (χ4n) is 3.88. The van der Waals surface area contributed by atoms with Crippen molar-refractivity contribution in [2.24, 2.45) is 0 Å². The average molecular weight is 441 g/mol. The summed E-state index contributed by atoms with van der Waals surface area (Å²) in [5.74, 6) is -0.539. The Kier molecular flexibility index (Phi) is 7.04. The second-order valence-corrected chi connectivity index (χ2v) is 8.06. The SMILES string of the molecule is C[C@@H](CC(C(=O)c1ccc(OC(F)(F)F)cc1)(c1ccccc1)c1ccccc1)N(C)C. The van der Waals surface area contributed by atoms with Crippen LogP contribution in [0.15, 0.2) is 84.9 Å². The van der Waals surface area contributed by atoms with Gasteiger partial charge in [-0.25, -0.2) is 0 Å². The van der Waals surface area contributed by atoms with Gasteiger partial charge in [0.25, 0.3) is 0 Å². The number of alkyl halides is 3. The molecule has 0 unspecified atom stereocenters. The van der Waals surface area contributed by atoms with E-state index in [0.29, 0.717) is 12.0 Å². The molecule has 0 radical (unpaired) electrons. The smallest absolute Gasteiger partial charge is 0.406 e. The quantitative estimate of drug-likeness (QED) is 0.396. The molecule has 0 bridgehead atoms. The number of carbonyl (C=O) groups is 1. The molecule has 168 valence electrons. The van der Waals surface area contributed by atoms with E-state index in [-0.39, 0.29) is 17.6 Å². The molecule has 0 N–H and O–H groups in total. The molecule has 0 aromatic heterocycles. The third-order valence-electron chi connectivity index (χ3n) is 5.75. The monoisotopic (exact) mass is 441 g/mol. The Hall–Kier alpha value is -3.12. The summed E-state index contributed by atoms with van der Waals surface area (Å²) < 4.78 is 41.6. The maximum atomic E-state index is 14.1. The lowest BCUT2D eigenvalue weighted by molar-refractivity contribution is -0.274. The third kappa shape index (κ3) is 5.19. The number of Topliss-reactive ketones (excluding diaryl/α,β-unsaturated/α-hetero) is 1. The van der Waals surface area contributed by atoms with E-state index >= 15 is 0 Å². The topological polar surface area (TPSA) is 29.5 Å². The van der Waals surface area contributed by atoms with E-state index in [2.05, 4.69) is 4.74 Å². The van der Waals surface area contributed by atoms with E-state index in [1.165, 1.54) is 24.3 Å². The molecule has 32 heavy (non-hydrogen) atoms. The Balaban J connectivity index is 2.16. The summed E-state index contributed by atoms with van der Waals surface area (Å²) in [5.41, 5.74) is 0.970. The lowest BCUT2D eigenvalue weighted by Gasteiger charge is -2.38. The van der Waals surface area contributed by atoms with Crippen molar-refractivity contribution in [1.82, 2.24) is 4.90 Å². The molecule has 0 amide bonds. The van der Waals surface area contributed by atoms with Gasteiger partial charge in [-0.1, -0.05) is 60.7 Å². The van der Waals surface area contributed by atoms with Crippen LogP contribution in [0.25, 0.3) is 0 Å². The molecular weight excluding hydrogens is 415 g/mol. The van der Waals surface area contributed by atoms with E-state index in [1.807, 2.05) is 86.6 Å². The van der Waals surface area contributed by atoms with Crippen molar-refractivity contribution in [3.8, 4) is 5.75 Å². The zero-order valence-corrected chi connectivity index (χ0v) is 18.3. The highest BCUT2D eigenvalue weighted by Gasteiger charge is 2.43. The van der Waals surface area contributed by atoms with Gasteiger partial charge in [0.15, 0.2) is 5.78 Å². The first-order chi connectivity index (χ1) is 15.1. The van der Waals surface area contributed by atoms with E-state index < -0.39 is 11.8 Å². The van der Waals surface area contributed by atoms with Gasteiger partial charge in [-0.2, -0.15) is 0 Å². The standard InChI is InChI=1S/C26H26F3NO2/c1-19(30(2)3)18-25(21-10-6-4-7-11-21,22-12-8-5-9-13-22)24(31)20-14-16-23(17-15-20)32-26(27,28)29/h4-17,19H,18H2,1-3H3/t19-/m0/s1. The number of ketones is 1. The first-order valence-electron chi connectivity index (χ1n) is 10.3. The van der Waals surface area contributed by atoms with Crippen LogP contribution in [-0.2, 0) is 5.41 Å². The number of carbonyl (C=O) groups excluding carboxylic acids is 1. The van der Waals surface area contributed by atoms with Gasteiger partial charge in [0.2, 0.25) is 0 Å². The molecule has 1 atom stereocenters. The molecule has 3 rings (SSSR count). The van der Waals surface area contributed by atoms with Gasteiger partial charge in [-0.15, -0.1) is 13.2 Å². The molecule has 0 spiro atoms. The minimum absolute atomic E-state index is 0.0483. The number of halogens is 3. The summed E-state index contributed by atoms with van der Waals surface area (Å²) in [6.07, 6.45) is -4.29. The van der Waals surface area contributed by atoms with E-state index in [9.17, 15) is 18.0 Å². The van der Waals surface area contributed by atoms with Crippen LogP contribution in [0.5, 0.6) is 5.75 Å². The molecule has 3 aromatic rings. The average Bonchev–Trinajstić information content (AvgIpc) is 2.77. The molecule has 6 heteroatoms. The van der Waals surface area contributed by atoms with Crippen LogP contribution >= 0.6 is 0 Å². The summed E-state index contributed by atoms with van der Waals surface area (Å²) in [6.45, 7) is 2.05. The number of nitrogens with zero attached hydrogens (tertiary/aromatic N) is 1. The predicted octanol–water partition coefficient (Wildman–Crippen LogP) is 6.09. The Labute approximate surface area is 186 Å². The summed E-state index contributed by atoms with van der Waals surface area (Å²) in [5, 5.41) is 0. The van der Waals surface area contributed by atoms with Gasteiger partial charge >= 0.3 is 6.36 Å². The van der Waals surface area contributed by atoms with Crippen molar-refractivity contribution in [2.75, 3.05) is 14.1 Å². The summed E-state index contributed by atoms with van der Waals surface area (Å²) in [7, 11) is 3.91. The van der Waals surface area contributed by atoms with Crippen molar-refractivity contribution >= 4 is 5.78 Å². The zero-order valence-electron chi connectivity index (χ0n) is 18.3. The van der Waals surface area contributed by atoms with E-state index in [0.717, 1.165) is 11.1 Å². The predicted molar refractivity (Wildman–Crippen MR) is 119 cm³/mol. The lowest BCUT2D eigenvalue weighted by Crippen LogP contribution is -2.43. The Morgan fingerprint density at radius 1 is 0.844 bits per heavy atom. The Morgan fingerprint density at radius 3 is 1.72 bits per heavy atom. The van der Waals surface area contributed by atoms with Gasteiger partial charge < -0.3 is 9.64 Å². The summed E-state index contributed by atoms with van der Waals surface area (Å²) >= 11 is 0. The highest BCUT2D eigenvalue weighted by atomic mass is 19.4. The lowest BCUT2D eigenvalue weighted by atomic mass is 9.66. The van der Waals surface area contributed by atoms with Crippen molar-refractivity contribution in [3.05, 3.63) is 102 Å². The van der Waals surface area contributed by atoms with Gasteiger partial charge in [-0.05, 0) is 62.8 Å². The number of hydrogen-bond acceptors (Lipinski definition) is 3. The summed E-state index contributed by atoms with van der Waals surface area (Å²) in [6, 6.07) is 24.2. The highest BCUT2D eigenvalue weighted by Crippen LogP contribution is 2.41. The first kappa shape index (κ1) is 23.5. The molecule has 0 heterocycles. The zero-order chi connectivity index (χ0) is 23.4. The minimum Gasteiger partial charge on any atom is -0.406 e. The number of ether oxygens (including phenoxy) is 1. The fourth-order valence-corrected chi connectivity index (χ4v) is 3.88. The molecule has 0 saturated carbocycles. The minimum atomic E-state index is -4.79. The van der Waals surface area contributed by atoms with Crippen LogP contribution in [-0.4, -0.2) is 37.2 Å². The van der Waals surface area contributed by atoms with Crippen LogP contribution < -0.4 is 4.74 Å². The molecular formula is C26H26F3NO2. The van der Waals surface area contributed by atoms with Crippen molar-refractivity contribution in [3.63, 3.8) is 0 Å². The highest BCUT2D eigenvalue weighted by molar-refractivity contribution is 6.06. The van der Waals surface area contributed by atoms with Gasteiger partial charge in [-0.3, -0.25) is 4.79 Å². The number of rotatable bonds is 8. The largest absolute Gasteiger partial charge is 0.573 e. The van der Waals surface area contributed by atoms with Crippen molar-refractivity contribution < 1.29 is 22.7 Å². The molecule has 0 fully saturated rings. The second kappa shape index (κ2) is 9.57. The normalized spacial score (nSPS) is 13.1. The van der Waals surface area contributed by atoms with Crippen molar-refractivity contribution in [2.45, 2.75) is 31.2 Å². The van der Waals surface area contributed by atoms with Gasteiger partial charge in [0.1, 0.15) is 5.75 Å². The van der Waals surface area contributed by atoms with E-state index in [4.69, 9.17) is 0 Å². The number of hydrogen-bond donors (Lipinski definition) is 0. The molecule has 0 aliphatic rings. The molecule has 3 aromatic carbocycles. The van der Waals surface area contributed by atoms with Gasteiger partial charge in [0, 0.05) is 11.6 Å². The Morgan fingerprint density at radius 2 is 1.31 bits per heavy atom. The van der Waals surface area contributed by atoms with Gasteiger partial charge in [0.05, 0.1) is 5.41 Å². The van der Waals surface area contributed by atoms with Crippen LogP contribution in [0.1, 0.15) is 34.8 Å².